The van der Waals surface area contributed by atoms with Crippen LogP contribution in [0.2, 0.25) is 0 Å². The number of halogens is 1. The van der Waals surface area contributed by atoms with Crippen molar-refractivity contribution in [3.05, 3.63) is 35.9 Å². The molecule has 1 aromatic rings. The molecule has 94 valence electrons. The van der Waals surface area contributed by atoms with Crippen molar-refractivity contribution >= 4 is 17.5 Å². The summed E-state index contributed by atoms with van der Waals surface area (Å²) in [7, 11) is 1.76. The first kappa shape index (κ1) is 14.0. The molecule has 1 amide bonds. The van der Waals surface area contributed by atoms with Crippen molar-refractivity contribution in [2.45, 2.75) is 13.0 Å². The van der Waals surface area contributed by atoms with Gasteiger partial charge in [-0.3, -0.25) is 4.79 Å². The maximum Gasteiger partial charge on any atom is 0.223 e. The van der Waals surface area contributed by atoms with Crippen LogP contribution in [0.3, 0.4) is 0 Å². The van der Waals surface area contributed by atoms with Crippen LogP contribution in [-0.2, 0) is 16.1 Å². The van der Waals surface area contributed by atoms with Gasteiger partial charge >= 0.3 is 0 Å². The second-order valence-electron chi connectivity index (χ2n) is 3.79. The summed E-state index contributed by atoms with van der Waals surface area (Å²) in [4.78, 5) is 13.0. The predicted molar refractivity (Wildman–Crippen MR) is 69.1 cm³/mol. The maximum absolute atomic E-state index is 11.4. The Labute approximate surface area is 107 Å². The molecule has 0 fully saturated rings. The number of nitrogens with zero attached hydrogens (tertiary/aromatic N) is 1. The first-order chi connectivity index (χ1) is 8.24. The second kappa shape index (κ2) is 8.09. The molecule has 4 heteroatoms. The number of carbonyl (C=O) groups is 1. The summed E-state index contributed by atoms with van der Waals surface area (Å²) >= 11 is 5.50. The topological polar surface area (TPSA) is 29.5 Å². The summed E-state index contributed by atoms with van der Waals surface area (Å²) < 4.78 is 5.49. The smallest absolute Gasteiger partial charge is 0.223 e. The Hall–Kier alpha value is -1.06. The highest BCUT2D eigenvalue weighted by molar-refractivity contribution is 6.18. The third kappa shape index (κ3) is 5.71. The highest BCUT2D eigenvalue weighted by atomic mass is 35.5. The number of hydrogen-bond acceptors (Lipinski definition) is 2. The van der Waals surface area contributed by atoms with E-state index >= 15 is 0 Å². The van der Waals surface area contributed by atoms with Crippen LogP contribution in [-0.4, -0.2) is 36.9 Å². The van der Waals surface area contributed by atoms with Crippen molar-refractivity contribution in [3.63, 3.8) is 0 Å². The highest BCUT2D eigenvalue weighted by Gasteiger charge is 2.06. The minimum atomic E-state index is 0.0586. The summed E-state index contributed by atoms with van der Waals surface area (Å²) in [5, 5.41) is 0. The molecule has 0 unspecified atom stereocenters. The molecule has 0 N–H and O–H groups in total. The van der Waals surface area contributed by atoms with E-state index in [-0.39, 0.29) is 5.91 Å². The van der Waals surface area contributed by atoms with E-state index in [0.717, 1.165) is 5.56 Å². The number of amides is 1. The highest BCUT2D eigenvalue weighted by Crippen LogP contribution is 2.00. The summed E-state index contributed by atoms with van der Waals surface area (Å²) in [6.07, 6.45) is 0.386. The monoisotopic (exact) mass is 255 g/mol. The largest absolute Gasteiger partial charge is 0.375 e. The molecule has 0 heterocycles. The van der Waals surface area contributed by atoms with E-state index in [9.17, 15) is 4.79 Å². The normalized spacial score (nSPS) is 10.2. The van der Waals surface area contributed by atoms with E-state index in [0.29, 0.717) is 32.1 Å². The minimum absolute atomic E-state index is 0.0586. The van der Waals surface area contributed by atoms with E-state index in [4.69, 9.17) is 16.3 Å². The van der Waals surface area contributed by atoms with Crippen LogP contribution in [0.4, 0.5) is 0 Å². The van der Waals surface area contributed by atoms with Crippen LogP contribution in [0.25, 0.3) is 0 Å². The van der Waals surface area contributed by atoms with Crippen LogP contribution in [0, 0.1) is 0 Å². The molecule has 0 saturated heterocycles. The number of alkyl halides is 1. The molecule has 3 nitrogen and oxygen atoms in total. The van der Waals surface area contributed by atoms with Gasteiger partial charge in [-0.1, -0.05) is 30.3 Å². The predicted octanol–water partition coefficient (Wildman–Crippen LogP) is 2.29. The minimum Gasteiger partial charge on any atom is -0.375 e. The zero-order valence-electron chi connectivity index (χ0n) is 10.1. The summed E-state index contributed by atoms with van der Waals surface area (Å²) in [6.45, 7) is 1.72. The fraction of sp³-hybridized carbons (Fsp3) is 0.462. The lowest BCUT2D eigenvalue weighted by atomic mass is 10.2. The van der Waals surface area contributed by atoms with E-state index in [2.05, 4.69) is 0 Å². The molecule has 0 saturated carbocycles. The van der Waals surface area contributed by atoms with Crippen molar-refractivity contribution in [2.75, 3.05) is 26.1 Å². The molecule has 0 atom stereocenters. The molecule has 0 bridgehead atoms. The van der Waals surface area contributed by atoms with Crippen molar-refractivity contribution < 1.29 is 9.53 Å². The van der Waals surface area contributed by atoms with Crippen LogP contribution in [0.15, 0.2) is 30.3 Å². The fourth-order valence-electron chi connectivity index (χ4n) is 1.36. The van der Waals surface area contributed by atoms with Gasteiger partial charge in [-0.15, -0.1) is 11.6 Å². The fourth-order valence-corrected chi connectivity index (χ4v) is 1.52. The molecule has 1 rings (SSSR count). The molecule has 17 heavy (non-hydrogen) atoms. The number of rotatable bonds is 7. The SMILES string of the molecule is CN(CCOCc1ccccc1)C(=O)CCCl. The lowest BCUT2D eigenvalue weighted by molar-refractivity contribution is -0.130. The van der Waals surface area contributed by atoms with Gasteiger partial charge in [0.1, 0.15) is 0 Å². The van der Waals surface area contributed by atoms with Gasteiger partial charge < -0.3 is 9.64 Å². The maximum atomic E-state index is 11.4. The Bertz CT molecular complexity index is 329. The number of benzene rings is 1. The molecule has 0 aromatic heterocycles. The van der Waals surface area contributed by atoms with E-state index < -0.39 is 0 Å². The zero-order chi connectivity index (χ0) is 12.5. The number of carbonyl (C=O) groups excluding carboxylic acids is 1. The number of likely N-dealkylation sites (N-methyl/N-ethyl adjacent to an activating group) is 1. The third-order valence-electron chi connectivity index (χ3n) is 2.42. The Balaban J connectivity index is 2.14. The van der Waals surface area contributed by atoms with Crippen LogP contribution < -0.4 is 0 Å². The Morgan fingerprint density at radius 1 is 1.35 bits per heavy atom. The molecule has 0 aliphatic carbocycles. The lowest BCUT2D eigenvalue weighted by Gasteiger charge is -2.16. The molecular weight excluding hydrogens is 238 g/mol. The van der Waals surface area contributed by atoms with Crippen LogP contribution in [0.1, 0.15) is 12.0 Å². The van der Waals surface area contributed by atoms with E-state index in [1.54, 1.807) is 11.9 Å². The Kier molecular flexibility index (Phi) is 6.67. The van der Waals surface area contributed by atoms with Crippen molar-refractivity contribution in [1.82, 2.24) is 4.90 Å². The summed E-state index contributed by atoms with van der Waals surface area (Å²) in [5.41, 5.74) is 1.14. The Morgan fingerprint density at radius 3 is 2.71 bits per heavy atom. The van der Waals surface area contributed by atoms with Crippen molar-refractivity contribution in [3.8, 4) is 0 Å². The van der Waals surface area contributed by atoms with Gasteiger partial charge in [0.15, 0.2) is 0 Å². The van der Waals surface area contributed by atoms with Gasteiger partial charge in [0.05, 0.1) is 13.2 Å². The van der Waals surface area contributed by atoms with Crippen molar-refractivity contribution in [1.29, 1.82) is 0 Å². The molecule has 0 radical (unpaired) electrons. The van der Waals surface area contributed by atoms with Gasteiger partial charge in [0.2, 0.25) is 5.91 Å². The molecule has 0 spiro atoms. The second-order valence-corrected chi connectivity index (χ2v) is 4.17. The molecule has 0 aliphatic heterocycles. The average molecular weight is 256 g/mol. The van der Waals surface area contributed by atoms with E-state index in [1.165, 1.54) is 0 Å². The molecule has 1 aromatic carbocycles. The quantitative estimate of drug-likeness (QED) is 0.553. The zero-order valence-corrected chi connectivity index (χ0v) is 10.8. The number of ether oxygens (including phenoxy) is 1. The van der Waals surface area contributed by atoms with Gasteiger partial charge in [0, 0.05) is 25.9 Å². The molecule has 0 aliphatic rings. The first-order valence-electron chi connectivity index (χ1n) is 5.65. The van der Waals surface area contributed by atoms with Gasteiger partial charge in [-0.05, 0) is 5.56 Å². The standard InChI is InChI=1S/C13H18ClNO2/c1-15(13(16)7-8-14)9-10-17-11-12-5-3-2-4-6-12/h2-6H,7-11H2,1H3. The average Bonchev–Trinajstić information content (AvgIpc) is 2.36. The summed E-state index contributed by atoms with van der Waals surface area (Å²) in [6, 6.07) is 9.97. The first-order valence-corrected chi connectivity index (χ1v) is 6.19. The number of hydrogen-bond donors (Lipinski definition) is 0. The molecular formula is C13H18ClNO2. The van der Waals surface area contributed by atoms with Crippen LogP contribution in [0.5, 0.6) is 0 Å². The Morgan fingerprint density at radius 2 is 2.06 bits per heavy atom. The summed E-state index contributed by atoms with van der Waals surface area (Å²) in [5.74, 6) is 0.428. The van der Waals surface area contributed by atoms with Crippen LogP contribution >= 0.6 is 11.6 Å². The van der Waals surface area contributed by atoms with Gasteiger partial charge in [-0.2, -0.15) is 0 Å². The third-order valence-corrected chi connectivity index (χ3v) is 2.61. The van der Waals surface area contributed by atoms with Gasteiger partial charge in [0.25, 0.3) is 0 Å². The van der Waals surface area contributed by atoms with Crippen molar-refractivity contribution in [2.24, 2.45) is 0 Å². The van der Waals surface area contributed by atoms with Gasteiger partial charge in [-0.25, -0.2) is 0 Å². The van der Waals surface area contributed by atoms with E-state index in [1.807, 2.05) is 30.3 Å². The lowest BCUT2D eigenvalue weighted by Crippen LogP contribution is -2.30.